The molecule has 0 bridgehead atoms. The zero-order valence-corrected chi connectivity index (χ0v) is 12.4. The largest absolute Gasteiger partial charge is 0.477 e. The van der Waals surface area contributed by atoms with Crippen LogP contribution in [0.2, 0.25) is 5.02 Å². The molecule has 8 heteroatoms. The van der Waals surface area contributed by atoms with Crippen LogP contribution >= 0.6 is 23.4 Å². The third-order valence-corrected chi connectivity index (χ3v) is 3.75. The number of aromatic amines is 1. The minimum Gasteiger partial charge on any atom is -0.477 e. The number of hydrogen-bond donors (Lipinski definition) is 3. The second kappa shape index (κ2) is 7.14. The predicted octanol–water partition coefficient (Wildman–Crippen LogP) is 2.63. The number of carbonyl (C=O) groups excluding carboxylic acids is 1. The zero-order chi connectivity index (χ0) is 15.2. The van der Waals surface area contributed by atoms with Gasteiger partial charge in [0.1, 0.15) is 5.69 Å². The van der Waals surface area contributed by atoms with Gasteiger partial charge in [0, 0.05) is 16.8 Å². The molecular formula is C13H12ClN3O3S. The topological polar surface area (TPSA) is 95.1 Å². The lowest BCUT2D eigenvalue weighted by Gasteiger charge is -2.02. The molecule has 2 rings (SSSR count). The van der Waals surface area contributed by atoms with Gasteiger partial charge in [-0.15, -0.1) is 11.8 Å². The minimum absolute atomic E-state index is 0.0703. The van der Waals surface area contributed by atoms with Crippen molar-refractivity contribution in [2.24, 2.45) is 0 Å². The fourth-order valence-corrected chi connectivity index (χ4v) is 2.43. The number of anilines is 1. The van der Waals surface area contributed by atoms with Gasteiger partial charge in [-0.3, -0.25) is 9.89 Å². The van der Waals surface area contributed by atoms with Crippen molar-refractivity contribution in [2.75, 3.05) is 11.1 Å². The van der Waals surface area contributed by atoms with Crippen molar-refractivity contribution in [3.05, 3.63) is 46.6 Å². The highest BCUT2D eigenvalue weighted by molar-refractivity contribution is 7.99. The molecule has 3 N–H and O–H groups in total. The minimum atomic E-state index is -1.12. The third-order valence-electron chi connectivity index (χ3n) is 2.49. The number of nitrogens with one attached hydrogen (secondary N) is 2. The molecule has 0 saturated carbocycles. The molecule has 21 heavy (non-hydrogen) atoms. The molecular weight excluding hydrogens is 314 g/mol. The number of H-pyrrole nitrogens is 1. The second-order valence-electron chi connectivity index (χ2n) is 4.14. The van der Waals surface area contributed by atoms with Gasteiger partial charge in [0.15, 0.2) is 5.82 Å². The number of thioether (sulfide) groups is 1. The Morgan fingerprint density at radius 3 is 2.67 bits per heavy atom. The first-order valence-corrected chi connectivity index (χ1v) is 7.48. The summed E-state index contributed by atoms with van der Waals surface area (Å²) < 4.78 is 0. The van der Waals surface area contributed by atoms with E-state index < -0.39 is 5.97 Å². The van der Waals surface area contributed by atoms with Crippen molar-refractivity contribution >= 4 is 41.1 Å². The average molecular weight is 326 g/mol. The summed E-state index contributed by atoms with van der Waals surface area (Å²) in [6.07, 6.45) is 0. The van der Waals surface area contributed by atoms with Crippen molar-refractivity contribution in [1.82, 2.24) is 10.2 Å². The van der Waals surface area contributed by atoms with E-state index in [4.69, 9.17) is 16.7 Å². The molecule has 0 radical (unpaired) electrons. The summed E-state index contributed by atoms with van der Waals surface area (Å²) >= 11 is 7.23. The van der Waals surface area contributed by atoms with E-state index in [0.29, 0.717) is 10.8 Å². The quantitative estimate of drug-likeness (QED) is 0.759. The Labute approximate surface area is 129 Å². The lowest BCUT2D eigenvalue weighted by atomic mass is 10.2. The highest BCUT2D eigenvalue weighted by Crippen LogP contribution is 2.15. The average Bonchev–Trinajstić information content (AvgIpc) is 2.90. The number of aromatic carboxylic acids is 1. The third kappa shape index (κ3) is 4.80. The Morgan fingerprint density at radius 2 is 2.05 bits per heavy atom. The molecule has 0 aliphatic carbocycles. The fraction of sp³-hybridized carbons (Fsp3) is 0.154. The van der Waals surface area contributed by atoms with Gasteiger partial charge in [-0.05, 0) is 17.7 Å². The summed E-state index contributed by atoms with van der Waals surface area (Å²) in [6, 6.07) is 8.67. The van der Waals surface area contributed by atoms with Crippen molar-refractivity contribution in [2.45, 2.75) is 5.75 Å². The number of rotatable bonds is 6. The second-order valence-corrected chi connectivity index (χ2v) is 5.56. The first kappa shape index (κ1) is 15.4. The van der Waals surface area contributed by atoms with Crippen LogP contribution in [0.1, 0.15) is 16.1 Å². The highest BCUT2D eigenvalue weighted by Gasteiger charge is 2.10. The number of carbonyl (C=O) groups is 2. The van der Waals surface area contributed by atoms with Gasteiger partial charge in [-0.1, -0.05) is 23.7 Å². The Morgan fingerprint density at radius 1 is 1.33 bits per heavy atom. The van der Waals surface area contributed by atoms with Crippen LogP contribution in [-0.2, 0) is 10.5 Å². The summed E-state index contributed by atoms with van der Waals surface area (Å²) in [7, 11) is 0. The van der Waals surface area contributed by atoms with Crippen LogP contribution in [0, 0.1) is 0 Å². The molecule has 0 fully saturated rings. The van der Waals surface area contributed by atoms with Gasteiger partial charge in [-0.2, -0.15) is 5.10 Å². The van der Waals surface area contributed by atoms with Crippen LogP contribution in [0.25, 0.3) is 0 Å². The van der Waals surface area contributed by atoms with E-state index in [9.17, 15) is 9.59 Å². The van der Waals surface area contributed by atoms with Gasteiger partial charge in [0.2, 0.25) is 5.91 Å². The molecule has 1 heterocycles. The van der Waals surface area contributed by atoms with Crippen LogP contribution in [0.5, 0.6) is 0 Å². The van der Waals surface area contributed by atoms with Crippen molar-refractivity contribution < 1.29 is 14.7 Å². The number of carboxylic acid groups (broad SMARTS) is 1. The maximum Gasteiger partial charge on any atom is 0.353 e. The summed E-state index contributed by atoms with van der Waals surface area (Å²) in [4.78, 5) is 22.3. The summed E-state index contributed by atoms with van der Waals surface area (Å²) in [6.45, 7) is 0. The highest BCUT2D eigenvalue weighted by atomic mass is 35.5. The Kier molecular flexibility index (Phi) is 5.24. The van der Waals surface area contributed by atoms with E-state index in [0.717, 1.165) is 5.56 Å². The predicted molar refractivity (Wildman–Crippen MR) is 81.8 cm³/mol. The molecule has 0 aliphatic rings. The molecule has 0 aliphatic heterocycles. The molecule has 1 aromatic carbocycles. The molecule has 6 nitrogen and oxygen atoms in total. The van der Waals surface area contributed by atoms with E-state index >= 15 is 0 Å². The van der Waals surface area contributed by atoms with Gasteiger partial charge in [0.05, 0.1) is 5.75 Å². The van der Waals surface area contributed by atoms with Crippen LogP contribution in [0.3, 0.4) is 0 Å². The SMILES string of the molecule is O=C(CSCc1ccc(Cl)cc1)Nc1cc(C(=O)O)[nH]n1. The maximum absolute atomic E-state index is 11.7. The number of aromatic nitrogens is 2. The van der Waals surface area contributed by atoms with Crippen LogP contribution in [-0.4, -0.2) is 32.9 Å². The normalized spacial score (nSPS) is 10.3. The van der Waals surface area contributed by atoms with Gasteiger partial charge >= 0.3 is 5.97 Å². The van der Waals surface area contributed by atoms with E-state index in [1.54, 1.807) is 12.1 Å². The molecule has 0 saturated heterocycles. The molecule has 1 amide bonds. The van der Waals surface area contributed by atoms with E-state index in [1.165, 1.54) is 17.8 Å². The van der Waals surface area contributed by atoms with Crippen molar-refractivity contribution in [3.8, 4) is 0 Å². The monoisotopic (exact) mass is 325 g/mol. The number of halogens is 1. The Balaban J connectivity index is 1.76. The Hall–Kier alpha value is -1.99. The van der Waals surface area contributed by atoms with Crippen LogP contribution in [0.15, 0.2) is 30.3 Å². The van der Waals surface area contributed by atoms with Crippen molar-refractivity contribution in [3.63, 3.8) is 0 Å². The number of amides is 1. The maximum atomic E-state index is 11.7. The molecule has 0 spiro atoms. The summed E-state index contributed by atoms with van der Waals surface area (Å²) in [5, 5.41) is 17.9. The van der Waals surface area contributed by atoms with E-state index in [2.05, 4.69) is 15.5 Å². The fourth-order valence-electron chi connectivity index (χ4n) is 1.52. The molecule has 110 valence electrons. The lowest BCUT2D eigenvalue weighted by molar-refractivity contribution is -0.113. The van der Waals surface area contributed by atoms with Gasteiger partial charge in [0.25, 0.3) is 0 Å². The standard InChI is InChI=1S/C13H12ClN3O3S/c14-9-3-1-8(2-4-9)6-21-7-12(18)15-11-5-10(13(19)20)16-17-11/h1-5H,6-7H2,(H,19,20)(H2,15,16,17,18). The smallest absolute Gasteiger partial charge is 0.353 e. The number of benzene rings is 1. The number of hydrogen-bond acceptors (Lipinski definition) is 4. The first-order valence-electron chi connectivity index (χ1n) is 5.95. The molecule has 0 atom stereocenters. The number of nitrogens with zero attached hydrogens (tertiary/aromatic N) is 1. The lowest BCUT2D eigenvalue weighted by Crippen LogP contribution is -2.14. The summed E-state index contributed by atoms with van der Waals surface area (Å²) in [5.74, 6) is -0.231. The van der Waals surface area contributed by atoms with Crippen LogP contribution < -0.4 is 5.32 Å². The van der Waals surface area contributed by atoms with E-state index in [-0.39, 0.29) is 23.2 Å². The van der Waals surface area contributed by atoms with Crippen LogP contribution in [0.4, 0.5) is 5.82 Å². The molecule has 1 aromatic heterocycles. The summed E-state index contributed by atoms with van der Waals surface area (Å²) in [5.41, 5.74) is 1.00. The van der Waals surface area contributed by atoms with E-state index in [1.807, 2.05) is 12.1 Å². The Bertz CT molecular complexity index is 642. The molecule has 0 unspecified atom stereocenters. The van der Waals surface area contributed by atoms with Gasteiger partial charge in [-0.25, -0.2) is 4.79 Å². The number of carboxylic acids is 1. The zero-order valence-electron chi connectivity index (χ0n) is 10.8. The van der Waals surface area contributed by atoms with Gasteiger partial charge < -0.3 is 10.4 Å². The first-order chi connectivity index (χ1) is 10.0. The molecule has 2 aromatic rings. The van der Waals surface area contributed by atoms with Crippen molar-refractivity contribution in [1.29, 1.82) is 0 Å².